The Kier molecular flexibility index (Phi) is 3.85. The summed E-state index contributed by atoms with van der Waals surface area (Å²) in [6, 6.07) is 10.7. The predicted octanol–water partition coefficient (Wildman–Crippen LogP) is 2.12. The van der Waals surface area contributed by atoms with Crippen molar-refractivity contribution in [2.75, 3.05) is 6.54 Å². The minimum atomic E-state index is 0.108. The van der Waals surface area contributed by atoms with Crippen LogP contribution in [0.4, 0.5) is 0 Å². The van der Waals surface area contributed by atoms with Crippen molar-refractivity contribution in [3.63, 3.8) is 0 Å². The summed E-state index contributed by atoms with van der Waals surface area (Å²) in [5.41, 5.74) is 9.59. The Labute approximate surface area is 119 Å². The van der Waals surface area contributed by atoms with Gasteiger partial charge in [0.15, 0.2) is 0 Å². The third kappa shape index (κ3) is 2.92. The molecule has 20 heavy (non-hydrogen) atoms. The molecule has 1 unspecified atom stereocenters. The van der Waals surface area contributed by atoms with Crippen LogP contribution in [0.1, 0.15) is 29.5 Å². The fourth-order valence-electron chi connectivity index (χ4n) is 2.75. The van der Waals surface area contributed by atoms with Crippen molar-refractivity contribution in [1.82, 2.24) is 10.1 Å². The maximum absolute atomic E-state index is 5.87. The zero-order chi connectivity index (χ0) is 13.9. The highest BCUT2D eigenvalue weighted by Crippen LogP contribution is 2.24. The van der Waals surface area contributed by atoms with Gasteiger partial charge in [0, 0.05) is 44.1 Å². The molecule has 1 aromatic heterocycles. The minimum Gasteiger partial charge on any atom is -0.361 e. The van der Waals surface area contributed by atoms with Gasteiger partial charge in [-0.1, -0.05) is 35.5 Å². The molecule has 4 heteroatoms. The molecule has 0 aliphatic carbocycles. The Morgan fingerprint density at radius 1 is 1.35 bits per heavy atom. The maximum Gasteiger partial charge on any atom is 0.143 e. The lowest BCUT2D eigenvalue weighted by atomic mass is 10.0. The molecule has 1 aromatic carbocycles. The number of rotatable bonds is 4. The number of hydrogen-bond acceptors (Lipinski definition) is 4. The molecule has 4 nitrogen and oxygen atoms in total. The highest BCUT2D eigenvalue weighted by Gasteiger charge is 2.24. The van der Waals surface area contributed by atoms with Crippen LogP contribution in [0.3, 0.4) is 0 Å². The Morgan fingerprint density at radius 3 is 2.90 bits per heavy atom. The average molecular weight is 271 g/mol. The molecule has 0 amide bonds. The number of nitrogens with zero attached hydrogens (tertiary/aromatic N) is 2. The van der Waals surface area contributed by atoms with E-state index in [-0.39, 0.29) is 6.04 Å². The lowest BCUT2D eigenvalue weighted by Gasteiger charge is -2.26. The van der Waals surface area contributed by atoms with E-state index >= 15 is 0 Å². The molecule has 0 radical (unpaired) electrons. The molecule has 0 saturated carbocycles. The van der Waals surface area contributed by atoms with Gasteiger partial charge in [-0.2, -0.15) is 0 Å². The Hall–Kier alpha value is -1.65. The van der Waals surface area contributed by atoms with Gasteiger partial charge in [0.1, 0.15) is 5.76 Å². The summed E-state index contributed by atoms with van der Waals surface area (Å²) in [5.74, 6) is 0.966. The van der Waals surface area contributed by atoms with Crippen molar-refractivity contribution in [2.24, 2.45) is 5.73 Å². The van der Waals surface area contributed by atoms with Crippen LogP contribution in [0, 0.1) is 0 Å². The third-order valence-corrected chi connectivity index (χ3v) is 3.75. The molecule has 2 N–H and O–H groups in total. The number of benzene rings is 1. The van der Waals surface area contributed by atoms with Crippen LogP contribution in [0.2, 0.25) is 0 Å². The van der Waals surface area contributed by atoms with Crippen LogP contribution in [-0.4, -0.2) is 22.6 Å². The number of aromatic nitrogens is 1. The largest absolute Gasteiger partial charge is 0.361 e. The van der Waals surface area contributed by atoms with Gasteiger partial charge in [0.25, 0.3) is 0 Å². The predicted molar refractivity (Wildman–Crippen MR) is 78.1 cm³/mol. The van der Waals surface area contributed by atoms with E-state index in [4.69, 9.17) is 10.3 Å². The first-order valence-electron chi connectivity index (χ1n) is 7.20. The molecule has 2 aromatic rings. The molecule has 1 aliphatic heterocycles. The van der Waals surface area contributed by atoms with Crippen LogP contribution in [-0.2, 0) is 25.9 Å². The average Bonchev–Trinajstić information content (AvgIpc) is 2.82. The molecular formula is C16H21N3O. The van der Waals surface area contributed by atoms with E-state index < -0.39 is 0 Å². The van der Waals surface area contributed by atoms with E-state index in [1.165, 1.54) is 11.1 Å². The molecular weight excluding hydrogens is 250 g/mol. The zero-order valence-corrected chi connectivity index (χ0v) is 11.9. The van der Waals surface area contributed by atoms with Gasteiger partial charge in [-0.25, -0.2) is 0 Å². The van der Waals surface area contributed by atoms with Crippen LogP contribution in [0.15, 0.2) is 34.9 Å². The monoisotopic (exact) mass is 271 g/mol. The second-order valence-electron chi connectivity index (χ2n) is 5.66. The molecule has 0 spiro atoms. The third-order valence-electron chi connectivity index (χ3n) is 3.75. The summed E-state index contributed by atoms with van der Waals surface area (Å²) in [4.78, 5) is 2.44. The Bertz CT molecular complexity index is 562. The molecule has 0 fully saturated rings. The fourth-order valence-corrected chi connectivity index (χ4v) is 2.75. The second kappa shape index (κ2) is 5.77. The van der Waals surface area contributed by atoms with Crippen LogP contribution >= 0.6 is 0 Å². The molecule has 1 aliphatic rings. The minimum absolute atomic E-state index is 0.108. The van der Waals surface area contributed by atoms with E-state index in [0.29, 0.717) is 0 Å². The van der Waals surface area contributed by atoms with Gasteiger partial charge < -0.3 is 10.3 Å². The van der Waals surface area contributed by atoms with E-state index in [1.807, 2.05) is 6.92 Å². The summed E-state index contributed by atoms with van der Waals surface area (Å²) in [6.45, 7) is 4.92. The fraction of sp³-hybridized carbons (Fsp3) is 0.438. The van der Waals surface area contributed by atoms with Gasteiger partial charge in [-0.3, -0.25) is 4.90 Å². The van der Waals surface area contributed by atoms with Gasteiger partial charge in [0.05, 0.1) is 5.69 Å². The van der Waals surface area contributed by atoms with E-state index in [0.717, 1.165) is 43.9 Å². The SMILES string of the molecule is CC(N)Cc1onc2c1CN(Cc1ccccc1)CC2. The van der Waals surface area contributed by atoms with Crippen molar-refractivity contribution in [2.45, 2.75) is 38.9 Å². The molecule has 1 atom stereocenters. The Balaban J connectivity index is 1.72. The molecule has 3 rings (SSSR count). The lowest BCUT2D eigenvalue weighted by molar-refractivity contribution is 0.244. The summed E-state index contributed by atoms with van der Waals surface area (Å²) < 4.78 is 5.47. The first-order valence-corrected chi connectivity index (χ1v) is 7.20. The molecule has 106 valence electrons. The first-order chi connectivity index (χ1) is 9.72. The zero-order valence-electron chi connectivity index (χ0n) is 11.9. The topological polar surface area (TPSA) is 55.3 Å². The van der Waals surface area contributed by atoms with Crippen molar-refractivity contribution in [1.29, 1.82) is 0 Å². The van der Waals surface area contributed by atoms with E-state index in [9.17, 15) is 0 Å². The van der Waals surface area contributed by atoms with Gasteiger partial charge in [-0.15, -0.1) is 0 Å². The standard InChI is InChI=1S/C16H21N3O/c1-12(17)9-16-14-11-19(8-7-15(14)18-20-16)10-13-5-3-2-4-6-13/h2-6,12H,7-11,17H2,1H3. The molecule has 0 bridgehead atoms. The summed E-state index contributed by atoms with van der Waals surface area (Å²) >= 11 is 0. The summed E-state index contributed by atoms with van der Waals surface area (Å²) in [5, 5.41) is 4.19. The van der Waals surface area contributed by atoms with Gasteiger partial charge in [-0.05, 0) is 12.5 Å². The summed E-state index contributed by atoms with van der Waals surface area (Å²) in [6.07, 6.45) is 1.73. The van der Waals surface area contributed by atoms with Crippen LogP contribution < -0.4 is 5.73 Å². The smallest absolute Gasteiger partial charge is 0.143 e. The summed E-state index contributed by atoms with van der Waals surface area (Å²) in [7, 11) is 0. The lowest BCUT2D eigenvalue weighted by Crippen LogP contribution is -2.30. The highest BCUT2D eigenvalue weighted by atomic mass is 16.5. The van der Waals surface area contributed by atoms with Crippen molar-refractivity contribution in [3.05, 3.63) is 52.9 Å². The van der Waals surface area contributed by atoms with Crippen LogP contribution in [0.5, 0.6) is 0 Å². The molecule has 2 heterocycles. The van der Waals surface area contributed by atoms with Gasteiger partial charge >= 0.3 is 0 Å². The van der Waals surface area contributed by atoms with Crippen molar-refractivity contribution < 1.29 is 4.52 Å². The van der Waals surface area contributed by atoms with Crippen molar-refractivity contribution in [3.8, 4) is 0 Å². The maximum atomic E-state index is 5.87. The van der Waals surface area contributed by atoms with Crippen LogP contribution in [0.25, 0.3) is 0 Å². The first kappa shape index (κ1) is 13.3. The number of nitrogens with two attached hydrogens (primary N) is 1. The van der Waals surface area contributed by atoms with E-state index in [2.05, 4.69) is 40.4 Å². The number of hydrogen-bond donors (Lipinski definition) is 1. The number of fused-ring (bicyclic) bond motifs is 1. The quantitative estimate of drug-likeness (QED) is 0.925. The molecule has 0 saturated heterocycles. The highest BCUT2D eigenvalue weighted by molar-refractivity contribution is 5.26. The normalized spacial score (nSPS) is 16.9. The second-order valence-corrected chi connectivity index (χ2v) is 5.66. The van der Waals surface area contributed by atoms with E-state index in [1.54, 1.807) is 0 Å². The van der Waals surface area contributed by atoms with Gasteiger partial charge in [0.2, 0.25) is 0 Å². The Morgan fingerprint density at radius 2 is 2.15 bits per heavy atom. The van der Waals surface area contributed by atoms with Crippen molar-refractivity contribution >= 4 is 0 Å².